The molecule has 29 heavy (non-hydrogen) atoms. The van der Waals surface area contributed by atoms with Gasteiger partial charge in [-0.1, -0.05) is 68.7 Å². The molecular weight excluding hydrogens is 369 g/mol. The fourth-order valence-corrected chi connectivity index (χ4v) is 4.00. The molecule has 0 N–H and O–H groups in total. The van der Waals surface area contributed by atoms with Gasteiger partial charge in [-0.2, -0.15) is 0 Å². The number of halogens is 3. The summed E-state index contributed by atoms with van der Waals surface area (Å²) in [7, 11) is 0. The van der Waals surface area contributed by atoms with Crippen LogP contribution in [-0.2, 0) is 6.42 Å². The molecule has 0 nitrogen and oxygen atoms in total. The molecular formula is C26H23F3. The van der Waals surface area contributed by atoms with E-state index >= 15 is 4.39 Å². The van der Waals surface area contributed by atoms with Crippen molar-refractivity contribution >= 4 is 21.5 Å². The lowest BCUT2D eigenvalue weighted by molar-refractivity contribution is 0.583. The second-order valence-corrected chi connectivity index (χ2v) is 7.61. The molecule has 148 valence electrons. The van der Waals surface area contributed by atoms with E-state index in [1.54, 1.807) is 12.1 Å². The minimum absolute atomic E-state index is 0.197. The number of hydrogen-bond donors (Lipinski definition) is 0. The quantitative estimate of drug-likeness (QED) is 0.229. The van der Waals surface area contributed by atoms with Crippen molar-refractivity contribution in [1.29, 1.82) is 0 Å². The molecule has 0 amide bonds. The van der Waals surface area contributed by atoms with Crippen LogP contribution in [0.2, 0.25) is 0 Å². The molecule has 0 atom stereocenters. The summed E-state index contributed by atoms with van der Waals surface area (Å²) in [5.74, 6) is -1.90. The Balaban J connectivity index is 1.74. The Bertz CT molecular complexity index is 1160. The summed E-state index contributed by atoms with van der Waals surface area (Å²) in [5, 5.41) is 3.32. The van der Waals surface area contributed by atoms with E-state index in [1.165, 1.54) is 31.2 Å². The Morgan fingerprint density at radius 1 is 0.655 bits per heavy atom. The van der Waals surface area contributed by atoms with Crippen LogP contribution in [0.25, 0.3) is 32.7 Å². The van der Waals surface area contributed by atoms with Crippen molar-refractivity contribution in [2.24, 2.45) is 0 Å². The van der Waals surface area contributed by atoms with Gasteiger partial charge in [-0.25, -0.2) is 13.2 Å². The number of unbranched alkanes of at least 4 members (excludes halogenated alkanes) is 3. The van der Waals surface area contributed by atoms with Gasteiger partial charge in [0.15, 0.2) is 0 Å². The lowest BCUT2D eigenvalue weighted by Crippen LogP contribution is -1.91. The standard InChI is InChI=1S/C26H23F3/c1-2-3-4-5-6-17-7-9-22-18(13-17)8-10-25-24(22)12-11-23(26(25)29)19-14-20(27)16-21(28)15-19/h7-16H,2-6H2,1H3. The predicted octanol–water partition coefficient (Wildman–Crippen LogP) is 8.20. The zero-order valence-electron chi connectivity index (χ0n) is 16.4. The molecule has 0 radical (unpaired) electrons. The molecule has 0 saturated heterocycles. The SMILES string of the molecule is CCCCCCc1ccc2c(ccc3c(F)c(-c4cc(F)cc(F)c4)ccc32)c1. The first kappa shape index (κ1) is 19.5. The van der Waals surface area contributed by atoms with Gasteiger partial charge in [0.2, 0.25) is 0 Å². The maximum Gasteiger partial charge on any atom is 0.138 e. The first-order valence-electron chi connectivity index (χ1n) is 10.2. The van der Waals surface area contributed by atoms with Crippen LogP contribution in [0.5, 0.6) is 0 Å². The van der Waals surface area contributed by atoms with E-state index in [2.05, 4.69) is 19.1 Å². The first-order valence-corrected chi connectivity index (χ1v) is 10.2. The average Bonchev–Trinajstić information content (AvgIpc) is 2.70. The van der Waals surface area contributed by atoms with Gasteiger partial charge in [0.05, 0.1) is 0 Å². The van der Waals surface area contributed by atoms with E-state index in [0.29, 0.717) is 5.39 Å². The Kier molecular flexibility index (Phi) is 5.57. The van der Waals surface area contributed by atoms with Crippen molar-refractivity contribution in [1.82, 2.24) is 0 Å². The van der Waals surface area contributed by atoms with Crippen LogP contribution < -0.4 is 0 Å². The van der Waals surface area contributed by atoms with Gasteiger partial charge in [0, 0.05) is 17.0 Å². The molecule has 0 unspecified atom stereocenters. The summed E-state index contributed by atoms with van der Waals surface area (Å²) < 4.78 is 42.4. The molecule has 4 aromatic rings. The van der Waals surface area contributed by atoms with E-state index in [9.17, 15) is 8.78 Å². The third-order valence-corrected chi connectivity index (χ3v) is 5.51. The van der Waals surface area contributed by atoms with Crippen molar-refractivity contribution in [3.8, 4) is 11.1 Å². The maximum absolute atomic E-state index is 15.2. The van der Waals surface area contributed by atoms with E-state index < -0.39 is 17.5 Å². The predicted molar refractivity (Wildman–Crippen MR) is 115 cm³/mol. The Morgan fingerprint density at radius 3 is 2.14 bits per heavy atom. The van der Waals surface area contributed by atoms with Crippen molar-refractivity contribution in [2.45, 2.75) is 39.0 Å². The number of benzene rings is 4. The second-order valence-electron chi connectivity index (χ2n) is 7.61. The zero-order chi connectivity index (χ0) is 20.4. The molecule has 0 fully saturated rings. The minimum Gasteiger partial charge on any atom is -0.207 e. The minimum atomic E-state index is -0.718. The third-order valence-electron chi connectivity index (χ3n) is 5.51. The van der Waals surface area contributed by atoms with Crippen LogP contribution in [-0.4, -0.2) is 0 Å². The molecule has 0 aliphatic heterocycles. The summed E-state index contributed by atoms with van der Waals surface area (Å²) >= 11 is 0. The fraction of sp³-hybridized carbons (Fsp3) is 0.231. The van der Waals surface area contributed by atoms with Crippen LogP contribution in [0.3, 0.4) is 0 Å². The fourth-order valence-electron chi connectivity index (χ4n) is 4.00. The molecule has 4 aromatic carbocycles. The molecule has 3 heteroatoms. The van der Waals surface area contributed by atoms with Crippen molar-refractivity contribution < 1.29 is 13.2 Å². The number of hydrogen-bond acceptors (Lipinski definition) is 0. The largest absolute Gasteiger partial charge is 0.207 e. The van der Waals surface area contributed by atoms with Gasteiger partial charge in [0.1, 0.15) is 17.5 Å². The van der Waals surface area contributed by atoms with Crippen molar-refractivity contribution in [3.05, 3.63) is 83.7 Å². The molecule has 0 bridgehead atoms. The van der Waals surface area contributed by atoms with E-state index in [1.807, 2.05) is 18.2 Å². The monoisotopic (exact) mass is 392 g/mol. The molecule has 4 rings (SSSR count). The van der Waals surface area contributed by atoms with Crippen LogP contribution in [0.1, 0.15) is 38.2 Å². The topological polar surface area (TPSA) is 0 Å². The summed E-state index contributed by atoms with van der Waals surface area (Å²) in [6, 6.07) is 16.5. The van der Waals surface area contributed by atoms with Crippen LogP contribution in [0.4, 0.5) is 13.2 Å². The normalized spacial score (nSPS) is 11.4. The third kappa shape index (κ3) is 4.00. The highest BCUT2D eigenvalue weighted by Gasteiger charge is 2.13. The summed E-state index contributed by atoms with van der Waals surface area (Å²) in [6.07, 6.45) is 5.94. The van der Waals surface area contributed by atoms with Gasteiger partial charge < -0.3 is 0 Å². The summed E-state index contributed by atoms with van der Waals surface area (Å²) in [6.45, 7) is 2.20. The lowest BCUT2D eigenvalue weighted by atomic mass is 9.95. The Morgan fingerprint density at radius 2 is 1.38 bits per heavy atom. The Hall–Kier alpha value is -2.81. The number of fused-ring (bicyclic) bond motifs is 3. The summed E-state index contributed by atoms with van der Waals surface area (Å²) in [4.78, 5) is 0. The van der Waals surface area contributed by atoms with Crippen LogP contribution >= 0.6 is 0 Å². The van der Waals surface area contributed by atoms with Gasteiger partial charge in [0.25, 0.3) is 0 Å². The average molecular weight is 392 g/mol. The van der Waals surface area contributed by atoms with E-state index in [0.717, 1.165) is 40.8 Å². The molecule has 0 aliphatic carbocycles. The highest BCUT2D eigenvalue weighted by Crippen LogP contribution is 2.34. The van der Waals surface area contributed by atoms with Gasteiger partial charge in [-0.3, -0.25) is 0 Å². The van der Waals surface area contributed by atoms with Crippen molar-refractivity contribution in [3.63, 3.8) is 0 Å². The second kappa shape index (κ2) is 8.28. The zero-order valence-corrected chi connectivity index (χ0v) is 16.4. The molecule has 0 saturated carbocycles. The molecule has 0 aliphatic rings. The highest BCUT2D eigenvalue weighted by molar-refractivity contribution is 6.08. The molecule has 0 heterocycles. The van der Waals surface area contributed by atoms with E-state index in [-0.39, 0.29) is 11.1 Å². The van der Waals surface area contributed by atoms with Crippen LogP contribution in [0.15, 0.2) is 60.7 Å². The lowest BCUT2D eigenvalue weighted by Gasteiger charge is -2.11. The van der Waals surface area contributed by atoms with Gasteiger partial charge >= 0.3 is 0 Å². The number of aryl methyl sites for hydroxylation is 1. The summed E-state index contributed by atoms with van der Waals surface area (Å²) in [5.41, 5.74) is 1.69. The first-order chi connectivity index (χ1) is 14.1. The maximum atomic E-state index is 15.2. The van der Waals surface area contributed by atoms with Gasteiger partial charge in [-0.15, -0.1) is 0 Å². The Labute approximate surface area is 169 Å². The molecule has 0 spiro atoms. The highest BCUT2D eigenvalue weighted by atomic mass is 19.1. The van der Waals surface area contributed by atoms with E-state index in [4.69, 9.17) is 0 Å². The molecule has 0 aromatic heterocycles. The number of rotatable bonds is 6. The van der Waals surface area contributed by atoms with Gasteiger partial charge in [-0.05, 0) is 52.3 Å². The van der Waals surface area contributed by atoms with Crippen molar-refractivity contribution in [2.75, 3.05) is 0 Å². The smallest absolute Gasteiger partial charge is 0.138 e. The van der Waals surface area contributed by atoms with Crippen LogP contribution in [0, 0.1) is 17.5 Å².